The zero-order valence-corrected chi connectivity index (χ0v) is 14.5. The minimum atomic E-state index is -0.210. The van der Waals surface area contributed by atoms with Crippen molar-refractivity contribution in [3.63, 3.8) is 0 Å². The molecule has 1 amide bonds. The molecule has 0 aromatic carbocycles. The molecule has 1 saturated heterocycles. The molecular weight excluding hydrogens is 332 g/mol. The van der Waals surface area contributed by atoms with Crippen molar-refractivity contribution in [2.75, 3.05) is 19.8 Å². The van der Waals surface area contributed by atoms with Gasteiger partial charge in [0.05, 0.1) is 24.3 Å². The van der Waals surface area contributed by atoms with Crippen LogP contribution in [0.4, 0.5) is 0 Å². The average molecular weight is 354 g/mol. The Bertz CT molecular complexity index is 734. The molecule has 136 valence electrons. The van der Waals surface area contributed by atoms with Crippen LogP contribution in [0.25, 0.3) is 11.4 Å². The fourth-order valence-electron chi connectivity index (χ4n) is 2.94. The van der Waals surface area contributed by atoms with Crippen LogP contribution in [0.1, 0.15) is 29.6 Å². The lowest BCUT2D eigenvalue weighted by Gasteiger charge is -2.32. The number of nitrogens with one attached hydrogen (secondary N) is 1. The molecule has 2 aromatic rings. The zero-order chi connectivity index (χ0) is 17.8. The van der Waals surface area contributed by atoms with Gasteiger partial charge in [-0.1, -0.05) is 0 Å². The second-order valence-electron chi connectivity index (χ2n) is 6.80. The lowest BCUT2D eigenvalue weighted by atomic mass is 10.1. The minimum Gasteiger partial charge on any atom is -0.379 e. The standard InChI is InChI=1S/C19H22N4O3/c24-19(15-9-21-18(22-10-15)14-2-1-6-20-8-14)23-16-12-25-7-5-17(16)26-11-13-3-4-13/h1-2,6,8-10,13,16-17H,3-5,7,11-12H2,(H,23,24)/t16-,17+/m1/s1. The zero-order valence-electron chi connectivity index (χ0n) is 14.5. The highest BCUT2D eigenvalue weighted by atomic mass is 16.5. The Morgan fingerprint density at radius 3 is 2.81 bits per heavy atom. The summed E-state index contributed by atoms with van der Waals surface area (Å²) in [7, 11) is 0. The smallest absolute Gasteiger partial charge is 0.254 e. The summed E-state index contributed by atoms with van der Waals surface area (Å²) < 4.78 is 11.5. The van der Waals surface area contributed by atoms with Gasteiger partial charge in [0.1, 0.15) is 0 Å². The van der Waals surface area contributed by atoms with E-state index in [9.17, 15) is 4.79 Å². The second-order valence-corrected chi connectivity index (χ2v) is 6.80. The first-order chi connectivity index (χ1) is 12.8. The van der Waals surface area contributed by atoms with Crippen molar-refractivity contribution in [3.05, 3.63) is 42.5 Å². The molecule has 7 heteroatoms. The number of ether oxygens (including phenoxy) is 2. The predicted octanol–water partition coefficient (Wildman–Crippen LogP) is 1.85. The molecule has 2 fully saturated rings. The first-order valence-electron chi connectivity index (χ1n) is 9.02. The second kappa shape index (κ2) is 7.88. The molecule has 7 nitrogen and oxygen atoms in total. The Morgan fingerprint density at radius 2 is 2.08 bits per heavy atom. The summed E-state index contributed by atoms with van der Waals surface area (Å²) in [6, 6.07) is 3.56. The van der Waals surface area contributed by atoms with E-state index < -0.39 is 0 Å². The Labute approximate surface area is 152 Å². The summed E-state index contributed by atoms with van der Waals surface area (Å²) in [5.41, 5.74) is 1.23. The highest BCUT2D eigenvalue weighted by Gasteiger charge is 2.31. The molecule has 2 aliphatic rings. The molecule has 0 spiro atoms. The molecule has 2 aromatic heterocycles. The third kappa shape index (κ3) is 4.23. The van der Waals surface area contributed by atoms with Gasteiger partial charge in [-0.15, -0.1) is 0 Å². The molecule has 0 radical (unpaired) electrons. The molecule has 26 heavy (non-hydrogen) atoms. The van der Waals surface area contributed by atoms with Crippen molar-refractivity contribution >= 4 is 5.91 Å². The van der Waals surface area contributed by atoms with E-state index in [1.807, 2.05) is 12.1 Å². The summed E-state index contributed by atoms with van der Waals surface area (Å²) in [6.07, 6.45) is 9.76. The van der Waals surface area contributed by atoms with Gasteiger partial charge in [-0.25, -0.2) is 9.97 Å². The maximum atomic E-state index is 12.5. The van der Waals surface area contributed by atoms with Gasteiger partial charge in [-0.05, 0) is 37.3 Å². The number of carbonyl (C=O) groups is 1. The van der Waals surface area contributed by atoms with Crippen molar-refractivity contribution < 1.29 is 14.3 Å². The van der Waals surface area contributed by atoms with Crippen LogP contribution in [0.2, 0.25) is 0 Å². The topological polar surface area (TPSA) is 86.2 Å². The van der Waals surface area contributed by atoms with Gasteiger partial charge in [0, 0.05) is 43.6 Å². The van der Waals surface area contributed by atoms with E-state index in [4.69, 9.17) is 9.47 Å². The number of hydrogen-bond donors (Lipinski definition) is 1. The van der Waals surface area contributed by atoms with Gasteiger partial charge >= 0.3 is 0 Å². The third-order valence-corrected chi connectivity index (χ3v) is 4.69. The van der Waals surface area contributed by atoms with Crippen LogP contribution in [-0.2, 0) is 9.47 Å². The van der Waals surface area contributed by atoms with E-state index >= 15 is 0 Å². The highest BCUT2D eigenvalue weighted by molar-refractivity contribution is 5.94. The molecule has 1 saturated carbocycles. The first kappa shape index (κ1) is 17.1. The molecule has 1 N–H and O–H groups in total. The van der Waals surface area contributed by atoms with E-state index in [2.05, 4.69) is 20.3 Å². The molecule has 4 rings (SSSR count). The van der Waals surface area contributed by atoms with Gasteiger partial charge < -0.3 is 14.8 Å². The largest absolute Gasteiger partial charge is 0.379 e. The van der Waals surface area contributed by atoms with Gasteiger partial charge in [0.25, 0.3) is 5.91 Å². The number of rotatable bonds is 6. The molecular formula is C19H22N4O3. The third-order valence-electron chi connectivity index (χ3n) is 4.69. The lowest BCUT2D eigenvalue weighted by Crippen LogP contribution is -2.50. The number of aromatic nitrogens is 3. The van der Waals surface area contributed by atoms with Crippen molar-refractivity contribution in [2.45, 2.75) is 31.4 Å². The molecule has 2 atom stereocenters. The molecule has 1 aliphatic heterocycles. The fourth-order valence-corrected chi connectivity index (χ4v) is 2.94. The van der Waals surface area contributed by atoms with Crippen LogP contribution in [0, 0.1) is 5.92 Å². The number of hydrogen-bond acceptors (Lipinski definition) is 6. The van der Waals surface area contributed by atoms with Crippen molar-refractivity contribution in [3.8, 4) is 11.4 Å². The molecule has 0 bridgehead atoms. The van der Waals surface area contributed by atoms with Crippen LogP contribution >= 0.6 is 0 Å². The predicted molar refractivity (Wildman–Crippen MR) is 94.4 cm³/mol. The van der Waals surface area contributed by atoms with Gasteiger partial charge in [-0.3, -0.25) is 9.78 Å². The van der Waals surface area contributed by atoms with Gasteiger partial charge in [-0.2, -0.15) is 0 Å². The van der Waals surface area contributed by atoms with Crippen LogP contribution in [0.3, 0.4) is 0 Å². The highest BCUT2D eigenvalue weighted by Crippen LogP contribution is 2.30. The van der Waals surface area contributed by atoms with E-state index in [1.165, 1.54) is 25.2 Å². The Kier molecular flexibility index (Phi) is 5.17. The average Bonchev–Trinajstić information content (AvgIpc) is 3.53. The van der Waals surface area contributed by atoms with Crippen LogP contribution in [0.5, 0.6) is 0 Å². The summed E-state index contributed by atoms with van der Waals surface area (Å²) in [6.45, 7) is 1.92. The summed E-state index contributed by atoms with van der Waals surface area (Å²) in [5, 5.41) is 3.01. The summed E-state index contributed by atoms with van der Waals surface area (Å²) >= 11 is 0. The lowest BCUT2D eigenvalue weighted by molar-refractivity contribution is -0.0567. The van der Waals surface area contributed by atoms with Crippen molar-refractivity contribution in [1.29, 1.82) is 0 Å². The Balaban J connectivity index is 1.38. The molecule has 3 heterocycles. The SMILES string of the molecule is O=C(N[C@@H]1COCC[C@@H]1OCC1CC1)c1cnc(-c2cccnc2)nc1. The first-order valence-corrected chi connectivity index (χ1v) is 9.02. The summed E-state index contributed by atoms with van der Waals surface area (Å²) in [5.74, 6) is 1.03. The van der Waals surface area contributed by atoms with Crippen LogP contribution in [0.15, 0.2) is 36.9 Å². The minimum absolute atomic E-state index is 0.00360. The maximum Gasteiger partial charge on any atom is 0.254 e. The normalized spacial score (nSPS) is 22.8. The van der Waals surface area contributed by atoms with Gasteiger partial charge in [0.15, 0.2) is 5.82 Å². The van der Waals surface area contributed by atoms with Crippen molar-refractivity contribution in [2.24, 2.45) is 5.92 Å². The fraction of sp³-hybridized carbons (Fsp3) is 0.474. The van der Waals surface area contributed by atoms with E-state index in [1.54, 1.807) is 12.4 Å². The maximum absolute atomic E-state index is 12.5. The number of carbonyl (C=O) groups excluding carboxylic acids is 1. The summed E-state index contributed by atoms with van der Waals surface area (Å²) in [4.78, 5) is 25.1. The van der Waals surface area contributed by atoms with Crippen LogP contribution < -0.4 is 5.32 Å². The number of pyridine rings is 1. The molecule has 1 aliphatic carbocycles. The Morgan fingerprint density at radius 1 is 1.23 bits per heavy atom. The van der Waals surface area contributed by atoms with E-state index in [0.717, 1.165) is 18.6 Å². The quantitative estimate of drug-likeness (QED) is 0.852. The van der Waals surface area contributed by atoms with Gasteiger partial charge in [0.2, 0.25) is 0 Å². The van der Waals surface area contributed by atoms with Crippen molar-refractivity contribution in [1.82, 2.24) is 20.3 Å². The number of nitrogens with zero attached hydrogens (tertiary/aromatic N) is 3. The monoisotopic (exact) mass is 354 g/mol. The van der Waals surface area contributed by atoms with Crippen LogP contribution in [-0.4, -0.2) is 52.8 Å². The molecule has 0 unspecified atom stereocenters. The Hall–Kier alpha value is -2.38. The number of amides is 1. The van der Waals surface area contributed by atoms with E-state index in [0.29, 0.717) is 30.5 Å². The van der Waals surface area contributed by atoms with E-state index in [-0.39, 0.29) is 18.1 Å².